The summed E-state index contributed by atoms with van der Waals surface area (Å²) in [6.45, 7) is 1.48. The van der Waals surface area contributed by atoms with Crippen LogP contribution in [0.25, 0.3) is 0 Å². The molecule has 0 aliphatic carbocycles. The van der Waals surface area contributed by atoms with Crippen molar-refractivity contribution in [2.45, 2.75) is 25.0 Å². The molecule has 0 bridgehead atoms. The molecule has 0 spiro atoms. The van der Waals surface area contributed by atoms with Crippen LogP contribution >= 0.6 is 0 Å². The number of nitrogens with zero attached hydrogens (tertiary/aromatic N) is 6. The largest absolute Gasteiger partial charge is 0.382 e. The first-order valence-electron chi connectivity index (χ1n) is 7.67. The van der Waals surface area contributed by atoms with Gasteiger partial charge in [0, 0.05) is 23.7 Å². The zero-order valence-electron chi connectivity index (χ0n) is 13.7. The lowest BCUT2D eigenvalue weighted by molar-refractivity contribution is -0.0123. The number of nitriles is 1. The Morgan fingerprint density at radius 3 is 2.81 bits per heavy atom. The molecule has 2 unspecified atom stereocenters. The van der Waals surface area contributed by atoms with E-state index in [1.54, 1.807) is 6.92 Å². The fourth-order valence-electron chi connectivity index (χ4n) is 2.77. The van der Waals surface area contributed by atoms with Crippen LogP contribution in [0.1, 0.15) is 29.9 Å². The maximum atomic E-state index is 14.5. The van der Waals surface area contributed by atoms with E-state index < -0.39 is 23.2 Å². The van der Waals surface area contributed by atoms with Gasteiger partial charge in [0.15, 0.2) is 0 Å². The molecular weight excluding hydrogens is 342 g/mol. The fraction of sp³-hybridized carbons (Fsp3) is 0.235. The third-order valence-corrected chi connectivity index (χ3v) is 4.20. The van der Waals surface area contributed by atoms with Gasteiger partial charge in [0.2, 0.25) is 5.82 Å². The molecule has 0 amide bonds. The molecule has 7 nitrogen and oxygen atoms in total. The monoisotopic (exact) mass is 356 g/mol. The second-order valence-electron chi connectivity index (χ2n) is 5.78. The van der Waals surface area contributed by atoms with E-state index in [9.17, 15) is 13.9 Å². The van der Waals surface area contributed by atoms with Crippen molar-refractivity contribution in [3.63, 3.8) is 0 Å². The third kappa shape index (κ3) is 3.27. The summed E-state index contributed by atoms with van der Waals surface area (Å²) < 4.78 is 29.1. The maximum Gasteiger partial charge on any atom is 0.232 e. The van der Waals surface area contributed by atoms with Gasteiger partial charge >= 0.3 is 0 Å². The molecule has 0 aliphatic heterocycles. The molecule has 2 atom stereocenters. The average molecular weight is 356 g/mol. The van der Waals surface area contributed by atoms with Crippen LogP contribution in [-0.2, 0) is 12.1 Å². The molecule has 2 heterocycles. The zero-order valence-corrected chi connectivity index (χ0v) is 13.7. The summed E-state index contributed by atoms with van der Waals surface area (Å²) >= 11 is 0. The first-order chi connectivity index (χ1) is 12.4. The third-order valence-electron chi connectivity index (χ3n) is 4.20. The van der Waals surface area contributed by atoms with Crippen LogP contribution in [-0.4, -0.2) is 29.8 Å². The minimum Gasteiger partial charge on any atom is -0.382 e. The Balaban J connectivity index is 2.11. The summed E-state index contributed by atoms with van der Waals surface area (Å²) in [5.74, 6) is -2.48. The highest BCUT2D eigenvalue weighted by Crippen LogP contribution is 2.38. The van der Waals surface area contributed by atoms with Crippen molar-refractivity contribution >= 4 is 0 Å². The Morgan fingerprint density at radius 2 is 2.15 bits per heavy atom. The van der Waals surface area contributed by atoms with E-state index in [0.717, 1.165) is 6.07 Å². The van der Waals surface area contributed by atoms with Gasteiger partial charge in [-0.05, 0) is 12.1 Å². The lowest BCUT2D eigenvalue weighted by Gasteiger charge is -2.34. The number of aliphatic hydroxyl groups is 1. The van der Waals surface area contributed by atoms with Crippen molar-refractivity contribution < 1.29 is 13.9 Å². The van der Waals surface area contributed by atoms with Crippen molar-refractivity contribution in [2.24, 2.45) is 0 Å². The molecule has 0 fully saturated rings. The standard InChI is InChI=1S/C17H14F2N6O/c1-11(15-4-5-22-16(7-20)24-15)17(26,8-25-10-21-9-23-25)13-3-2-12(18)6-14(13)19/h2-6,9-11,26H,8H2,1H3. The molecule has 26 heavy (non-hydrogen) atoms. The minimum atomic E-state index is -1.83. The molecular formula is C17H14F2N6O. The smallest absolute Gasteiger partial charge is 0.232 e. The molecule has 1 N–H and O–H groups in total. The fourth-order valence-corrected chi connectivity index (χ4v) is 2.77. The van der Waals surface area contributed by atoms with Crippen LogP contribution in [0.2, 0.25) is 0 Å². The summed E-state index contributed by atoms with van der Waals surface area (Å²) in [7, 11) is 0. The summed E-state index contributed by atoms with van der Waals surface area (Å²) in [4.78, 5) is 11.7. The molecule has 1 aromatic carbocycles. The Bertz CT molecular complexity index is 956. The zero-order chi connectivity index (χ0) is 18.7. The average Bonchev–Trinajstić information content (AvgIpc) is 3.13. The van der Waals surface area contributed by atoms with E-state index in [2.05, 4.69) is 20.1 Å². The molecule has 3 aromatic rings. The molecule has 0 aliphatic rings. The highest BCUT2D eigenvalue weighted by atomic mass is 19.1. The van der Waals surface area contributed by atoms with Gasteiger partial charge in [0.05, 0.1) is 12.2 Å². The second-order valence-corrected chi connectivity index (χ2v) is 5.78. The predicted molar refractivity (Wildman–Crippen MR) is 85.4 cm³/mol. The van der Waals surface area contributed by atoms with Crippen LogP contribution in [0.15, 0.2) is 43.1 Å². The maximum absolute atomic E-state index is 14.5. The molecule has 3 rings (SSSR count). The lowest BCUT2D eigenvalue weighted by atomic mass is 9.80. The number of aromatic nitrogens is 5. The van der Waals surface area contributed by atoms with Crippen molar-refractivity contribution in [3.05, 3.63) is 71.8 Å². The van der Waals surface area contributed by atoms with Gasteiger partial charge in [0.25, 0.3) is 0 Å². The van der Waals surface area contributed by atoms with Crippen molar-refractivity contribution in [2.75, 3.05) is 0 Å². The highest BCUT2D eigenvalue weighted by Gasteiger charge is 2.40. The number of hydrogen-bond acceptors (Lipinski definition) is 6. The van der Waals surface area contributed by atoms with Crippen molar-refractivity contribution in [1.29, 1.82) is 5.26 Å². The molecule has 0 saturated heterocycles. The highest BCUT2D eigenvalue weighted by molar-refractivity contribution is 5.30. The number of hydrogen-bond donors (Lipinski definition) is 1. The summed E-state index contributed by atoms with van der Waals surface area (Å²) in [5, 5.41) is 24.3. The van der Waals surface area contributed by atoms with Gasteiger partial charge in [-0.15, -0.1) is 0 Å². The van der Waals surface area contributed by atoms with Crippen LogP contribution in [0.4, 0.5) is 8.78 Å². The molecule has 9 heteroatoms. The van der Waals surface area contributed by atoms with E-state index >= 15 is 0 Å². The van der Waals surface area contributed by atoms with Crippen LogP contribution < -0.4 is 0 Å². The van der Waals surface area contributed by atoms with E-state index in [0.29, 0.717) is 11.8 Å². The Morgan fingerprint density at radius 1 is 1.35 bits per heavy atom. The lowest BCUT2D eigenvalue weighted by Crippen LogP contribution is -2.38. The predicted octanol–water partition coefficient (Wildman–Crippen LogP) is 1.91. The van der Waals surface area contributed by atoms with Gasteiger partial charge in [0.1, 0.15) is 36.0 Å². The van der Waals surface area contributed by atoms with Gasteiger partial charge in [-0.25, -0.2) is 28.4 Å². The van der Waals surface area contributed by atoms with Crippen LogP contribution in [0.3, 0.4) is 0 Å². The molecule has 0 saturated carbocycles. The minimum absolute atomic E-state index is 0.0722. The first kappa shape index (κ1) is 17.6. The topological polar surface area (TPSA) is 101 Å². The molecule has 132 valence electrons. The Kier molecular flexibility index (Phi) is 4.69. The van der Waals surface area contributed by atoms with Gasteiger partial charge in [-0.2, -0.15) is 10.4 Å². The Labute approximate surface area is 147 Å². The van der Waals surface area contributed by atoms with E-state index in [4.69, 9.17) is 5.26 Å². The first-order valence-corrected chi connectivity index (χ1v) is 7.67. The van der Waals surface area contributed by atoms with Crippen LogP contribution in [0, 0.1) is 23.0 Å². The molecule has 0 radical (unpaired) electrons. The number of benzene rings is 1. The summed E-state index contributed by atoms with van der Waals surface area (Å²) in [6, 6.07) is 6.31. The van der Waals surface area contributed by atoms with Gasteiger partial charge < -0.3 is 5.11 Å². The van der Waals surface area contributed by atoms with E-state index in [1.165, 1.54) is 35.7 Å². The van der Waals surface area contributed by atoms with Gasteiger partial charge in [-0.3, -0.25) is 0 Å². The van der Waals surface area contributed by atoms with Crippen molar-refractivity contribution in [3.8, 4) is 6.07 Å². The normalized spacial score (nSPS) is 14.4. The van der Waals surface area contributed by atoms with Crippen LogP contribution in [0.5, 0.6) is 0 Å². The second kappa shape index (κ2) is 6.93. The quantitative estimate of drug-likeness (QED) is 0.749. The molecule has 2 aromatic heterocycles. The van der Waals surface area contributed by atoms with Gasteiger partial charge in [-0.1, -0.05) is 13.0 Å². The van der Waals surface area contributed by atoms with Crippen molar-refractivity contribution in [1.82, 2.24) is 24.7 Å². The van der Waals surface area contributed by atoms with E-state index in [1.807, 2.05) is 6.07 Å². The SMILES string of the molecule is CC(c1ccnc(C#N)n1)C(O)(Cn1cncn1)c1ccc(F)cc1F. The summed E-state index contributed by atoms with van der Waals surface area (Å²) in [6.07, 6.45) is 4.04. The van der Waals surface area contributed by atoms with E-state index in [-0.39, 0.29) is 17.9 Å². The summed E-state index contributed by atoms with van der Waals surface area (Å²) in [5.41, 5.74) is -1.60. The number of rotatable bonds is 5. The number of halogens is 2. The Hall–Kier alpha value is -3.25.